The molecule has 2 aromatic rings. The van der Waals surface area contributed by atoms with Crippen LogP contribution in [0.25, 0.3) is 0 Å². The summed E-state index contributed by atoms with van der Waals surface area (Å²) in [5, 5.41) is 0. The maximum absolute atomic E-state index is 12.3. The van der Waals surface area contributed by atoms with Crippen LogP contribution >= 0.6 is 0 Å². The lowest BCUT2D eigenvalue weighted by Gasteiger charge is -2.30. The summed E-state index contributed by atoms with van der Waals surface area (Å²) >= 11 is 0. The number of carbonyl (C=O) groups is 1. The zero-order valence-electron chi connectivity index (χ0n) is 16.5. The molecule has 0 saturated carbocycles. The molecule has 0 atom stereocenters. The van der Waals surface area contributed by atoms with Gasteiger partial charge in [0, 0.05) is 18.5 Å². The number of fused-ring (bicyclic) bond motifs is 2. The van der Waals surface area contributed by atoms with Crippen molar-refractivity contribution in [3.63, 3.8) is 0 Å². The second kappa shape index (κ2) is 8.17. The lowest BCUT2D eigenvalue weighted by molar-refractivity contribution is -0.117. The average molecular weight is 380 g/mol. The number of Topliss-reactive ketones (excluding diaryl/α,β-unsaturated/α-hetero) is 1. The first kappa shape index (κ1) is 18.7. The van der Waals surface area contributed by atoms with Gasteiger partial charge in [0.15, 0.2) is 5.78 Å². The largest absolute Gasteiger partial charge is 0.463 e. The Hall–Kier alpha value is -2.63. The van der Waals surface area contributed by atoms with Crippen LogP contribution in [0.5, 0.6) is 6.01 Å². The maximum atomic E-state index is 12.3. The summed E-state index contributed by atoms with van der Waals surface area (Å²) in [7, 11) is 0. The summed E-state index contributed by atoms with van der Waals surface area (Å²) in [5.41, 5.74) is 11.0. The minimum absolute atomic E-state index is 0.139. The van der Waals surface area contributed by atoms with Gasteiger partial charge in [0.25, 0.3) is 0 Å². The highest BCUT2D eigenvalue weighted by atomic mass is 16.5. The van der Waals surface area contributed by atoms with Crippen LogP contribution in [0.2, 0.25) is 0 Å². The zero-order chi connectivity index (χ0) is 19.5. The molecule has 6 heteroatoms. The van der Waals surface area contributed by atoms with Gasteiger partial charge in [-0.05, 0) is 48.8 Å². The number of nitrogens with two attached hydrogens (primary N) is 1. The van der Waals surface area contributed by atoms with E-state index in [0.29, 0.717) is 31.5 Å². The third-order valence-electron chi connectivity index (χ3n) is 5.55. The van der Waals surface area contributed by atoms with E-state index in [4.69, 9.17) is 10.5 Å². The summed E-state index contributed by atoms with van der Waals surface area (Å²) in [6.07, 6.45) is 7.11. The predicted octanol–water partition coefficient (Wildman–Crippen LogP) is 3.25. The smallest absolute Gasteiger partial charge is 0.320 e. The molecule has 0 amide bonds. The first-order chi connectivity index (χ1) is 13.6. The van der Waals surface area contributed by atoms with Gasteiger partial charge in [0.05, 0.1) is 13.2 Å². The van der Waals surface area contributed by atoms with Crippen molar-refractivity contribution in [1.82, 2.24) is 9.97 Å². The Morgan fingerprint density at radius 3 is 2.82 bits per heavy atom. The number of ketones is 1. The van der Waals surface area contributed by atoms with E-state index in [9.17, 15) is 4.79 Å². The van der Waals surface area contributed by atoms with Crippen molar-refractivity contribution in [2.24, 2.45) is 0 Å². The van der Waals surface area contributed by atoms with E-state index in [1.807, 2.05) is 4.90 Å². The minimum Gasteiger partial charge on any atom is -0.463 e. The van der Waals surface area contributed by atoms with E-state index < -0.39 is 0 Å². The molecule has 1 aliphatic heterocycles. The zero-order valence-corrected chi connectivity index (χ0v) is 16.5. The molecule has 0 spiro atoms. The first-order valence-corrected chi connectivity index (χ1v) is 10.3. The van der Waals surface area contributed by atoms with Crippen LogP contribution in [0.1, 0.15) is 54.9 Å². The number of rotatable bonds is 6. The SMILES string of the molecule is CCCCOc1nc(N)c2c(n1)N(Cc1ccc3c(c1)CCCC3)CC(=O)C2. The summed E-state index contributed by atoms with van der Waals surface area (Å²) in [4.78, 5) is 23.2. The minimum atomic E-state index is 0.139. The van der Waals surface area contributed by atoms with E-state index in [2.05, 4.69) is 35.1 Å². The Balaban J connectivity index is 1.60. The van der Waals surface area contributed by atoms with Crippen molar-refractivity contribution in [3.05, 3.63) is 40.5 Å². The van der Waals surface area contributed by atoms with E-state index in [1.54, 1.807) is 0 Å². The molecule has 6 nitrogen and oxygen atoms in total. The lowest BCUT2D eigenvalue weighted by Crippen LogP contribution is -2.36. The van der Waals surface area contributed by atoms with E-state index in [-0.39, 0.29) is 12.2 Å². The molecule has 2 heterocycles. The molecule has 28 heavy (non-hydrogen) atoms. The van der Waals surface area contributed by atoms with Gasteiger partial charge < -0.3 is 15.4 Å². The normalized spacial score (nSPS) is 15.9. The summed E-state index contributed by atoms with van der Waals surface area (Å²) in [5.74, 6) is 1.22. The Morgan fingerprint density at radius 2 is 2.00 bits per heavy atom. The highest BCUT2D eigenvalue weighted by Gasteiger charge is 2.28. The average Bonchev–Trinajstić information content (AvgIpc) is 2.69. The van der Waals surface area contributed by atoms with Gasteiger partial charge in [-0.3, -0.25) is 4.79 Å². The molecule has 1 aromatic carbocycles. The van der Waals surface area contributed by atoms with Crippen molar-refractivity contribution in [1.29, 1.82) is 0 Å². The predicted molar refractivity (Wildman–Crippen MR) is 110 cm³/mol. The Labute approximate surface area is 166 Å². The van der Waals surface area contributed by atoms with Crippen LogP contribution in [0, 0.1) is 0 Å². The topological polar surface area (TPSA) is 81.3 Å². The van der Waals surface area contributed by atoms with Crippen molar-refractivity contribution < 1.29 is 9.53 Å². The van der Waals surface area contributed by atoms with Gasteiger partial charge in [-0.15, -0.1) is 0 Å². The van der Waals surface area contributed by atoms with Gasteiger partial charge in [-0.1, -0.05) is 31.5 Å². The van der Waals surface area contributed by atoms with Crippen LogP contribution in [0.3, 0.4) is 0 Å². The van der Waals surface area contributed by atoms with E-state index >= 15 is 0 Å². The van der Waals surface area contributed by atoms with E-state index in [0.717, 1.165) is 30.6 Å². The molecule has 2 aliphatic rings. The molecule has 0 saturated heterocycles. The molecule has 0 bridgehead atoms. The second-order valence-electron chi connectivity index (χ2n) is 7.78. The van der Waals surface area contributed by atoms with Crippen LogP contribution in [-0.4, -0.2) is 28.9 Å². The fourth-order valence-corrected chi connectivity index (χ4v) is 4.05. The number of hydrogen-bond acceptors (Lipinski definition) is 6. The third kappa shape index (κ3) is 3.96. The molecular formula is C22H28N4O2. The number of aromatic nitrogens is 2. The number of unbranched alkanes of at least 4 members (excludes halogenated alkanes) is 1. The second-order valence-corrected chi connectivity index (χ2v) is 7.78. The number of ether oxygens (including phenoxy) is 1. The highest BCUT2D eigenvalue weighted by molar-refractivity contribution is 5.91. The highest BCUT2D eigenvalue weighted by Crippen LogP contribution is 2.31. The number of anilines is 2. The maximum Gasteiger partial charge on any atom is 0.320 e. The monoisotopic (exact) mass is 380 g/mol. The number of hydrogen-bond donors (Lipinski definition) is 1. The number of aryl methyl sites for hydroxylation is 2. The summed E-state index contributed by atoms with van der Waals surface area (Å²) in [6, 6.07) is 7.00. The Bertz CT molecular complexity index is 881. The Kier molecular flexibility index (Phi) is 5.46. The van der Waals surface area contributed by atoms with Crippen LogP contribution < -0.4 is 15.4 Å². The van der Waals surface area contributed by atoms with Crippen LogP contribution in [0.15, 0.2) is 18.2 Å². The van der Waals surface area contributed by atoms with Gasteiger partial charge in [0.2, 0.25) is 0 Å². The molecule has 1 aliphatic carbocycles. The first-order valence-electron chi connectivity index (χ1n) is 10.3. The van der Waals surface area contributed by atoms with Crippen LogP contribution in [0.4, 0.5) is 11.6 Å². The quantitative estimate of drug-likeness (QED) is 0.775. The van der Waals surface area contributed by atoms with Crippen molar-refractivity contribution in [2.75, 3.05) is 23.8 Å². The number of carbonyl (C=O) groups excluding carboxylic acids is 1. The molecule has 0 fully saturated rings. The Morgan fingerprint density at radius 1 is 1.18 bits per heavy atom. The molecule has 2 N–H and O–H groups in total. The fourth-order valence-electron chi connectivity index (χ4n) is 4.05. The van der Waals surface area contributed by atoms with Crippen molar-refractivity contribution in [2.45, 2.75) is 58.4 Å². The standard InChI is InChI=1S/C22H28N4O2/c1-2-3-10-28-22-24-20(23)19-12-18(27)14-26(21(19)25-22)13-15-8-9-16-6-4-5-7-17(16)11-15/h8-9,11H,2-7,10,12-14H2,1H3,(H2,23,24,25). The van der Waals surface area contributed by atoms with Gasteiger partial charge >= 0.3 is 6.01 Å². The lowest BCUT2D eigenvalue weighted by atomic mass is 9.90. The molecule has 0 radical (unpaired) electrons. The van der Waals surface area contributed by atoms with Gasteiger partial charge in [-0.25, -0.2) is 0 Å². The third-order valence-corrected chi connectivity index (χ3v) is 5.55. The molecular weight excluding hydrogens is 352 g/mol. The number of nitrogens with zero attached hydrogens (tertiary/aromatic N) is 3. The fraction of sp³-hybridized carbons (Fsp3) is 0.500. The van der Waals surface area contributed by atoms with Crippen molar-refractivity contribution >= 4 is 17.4 Å². The summed E-state index contributed by atoms with van der Waals surface area (Å²) < 4.78 is 5.68. The molecule has 1 aromatic heterocycles. The number of nitrogen functional groups attached to an aromatic ring is 1. The van der Waals surface area contributed by atoms with Gasteiger partial charge in [-0.2, -0.15) is 9.97 Å². The number of benzene rings is 1. The molecule has 148 valence electrons. The van der Waals surface area contributed by atoms with Crippen LogP contribution in [-0.2, 0) is 30.6 Å². The van der Waals surface area contributed by atoms with Gasteiger partial charge in [0.1, 0.15) is 11.6 Å². The van der Waals surface area contributed by atoms with Crippen molar-refractivity contribution in [3.8, 4) is 6.01 Å². The molecule has 4 rings (SSSR count). The summed E-state index contributed by atoms with van der Waals surface area (Å²) in [6.45, 7) is 3.65. The van der Waals surface area contributed by atoms with E-state index in [1.165, 1.54) is 36.0 Å². The molecule has 0 unspecified atom stereocenters.